The van der Waals surface area contributed by atoms with Crippen molar-refractivity contribution in [1.29, 1.82) is 0 Å². The first-order chi connectivity index (χ1) is 9.54. The minimum atomic E-state index is -0.115. The van der Waals surface area contributed by atoms with E-state index in [4.69, 9.17) is 18.0 Å². The molecule has 3 N–H and O–H groups in total. The van der Waals surface area contributed by atoms with Crippen LogP contribution < -0.4 is 11.1 Å². The van der Waals surface area contributed by atoms with Crippen molar-refractivity contribution in [3.63, 3.8) is 0 Å². The molecule has 0 aliphatic heterocycles. The van der Waals surface area contributed by atoms with E-state index >= 15 is 0 Å². The first-order valence-corrected chi connectivity index (χ1v) is 6.71. The molecule has 0 bridgehead atoms. The SMILES string of the molecule is Cc1cccc(C(=O)Nc2ccc(CC(N)=S)cc2)c1. The van der Waals surface area contributed by atoms with Gasteiger partial charge in [-0.05, 0) is 36.8 Å². The molecule has 0 unspecified atom stereocenters. The molecule has 4 heteroatoms. The van der Waals surface area contributed by atoms with Gasteiger partial charge in [-0.3, -0.25) is 4.79 Å². The summed E-state index contributed by atoms with van der Waals surface area (Å²) in [6.07, 6.45) is 0.571. The molecule has 0 aromatic heterocycles. The third-order valence-electron chi connectivity index (χ3n) is 2.87. The molecule has 2 aromatic carbocycles. The summed E-state index contributed by atoms with van der Waals surface area (Å²) in [4.78, 5) is 12.5. The summed E-state index contributed by atoms with van der Waals surface area (Å²) in [6.45, 7) is 1.96. The fourth-order valence-corrected chi connectivity index (χ4v) is 2.06. The number of hydrogen-bond donors (Lipinski definition) is 2. The van der Waals surface area contributed by atoms with E-state index in [1.807, 2.05) is 49.4 Å². The Hall–Kier alpha value is -2.20. The number of nitrogens with one attached hydrogen (secondary N) is 1. The van der Waals surface area contributed by atoms with Crippen LogP contribution in [0.3, 0.4) is 0 Å². The van der Waals surface area contributed by atoms with Crippen molar-refractivity contribution >= 4 is 28.8 Å². The number of rotatable bonds is 4. The Balaban J connectivity index is 2.06. The van der Waals surface area contributed by atoms with Crippen LogP contribution in [0, 0.1) is 6.92 Å². The molecule has 0 heterocycles. The van der Waals surface area contributed by atoms with Gasteiger partial charge in [0.15, 0.2) is 0 Å². The largest absolute Gasteiger partial charge is 0.393 e. The number of carbonyl (C=O) groups is 1. The maximum atomic E-state index is 12.1. The average molecular weight is 284 g/mol. The second kappa shape index (κ2) is 6.30. The average Bonchev–Trinajstić information content (AvgIpc) is 2.40. The van der Waals surface area contributed by atoms with Gasteiger partial charge in [0.05, 0.1) is 4.99 Å². The quantitative estimate of drug-likeness (QED) is 0.848. The normalized spacial score (nSPS) is 10.1. The second-order valence-electron chi connectivity index (χ2n) is 4.66. The lowest BCUT2D eigenvalue weighted by molar-refractivity contribution is 0.102. The zero-order chi connectivity index (χ0) is 14.5. The van der Waals surface area contributed by atoms with Crippen molar-refractivity contribution in [2.24, 2.45) is 5.73 Å². The first kappa shape index (κ1) is 14.2. The van der Waals surface area contributed by atoms with E-state index in [1.54, 1.807) is 6.07 Å². The summed E-state index contributed by atoms with van der Waals surface area (Å²) in [6, 6.07) is 15.0. The molecule has 2 aromatic rings. The van der Waals surface area contributed by atoms with E-state index in [1.165, 1.54) is 0 Å². The number of carbonyl (C=O) groups excluding carboxylic acids is 1. The van der Waals surface area contributed by atoms with Crippen molar-refractivity contribution in [2.45, 2.75) is 13.3 Å². The van der Waals surface area contributed by atoms with Crippen LogP contribution in [0.4, 0.5) is 5.69 Å². The highest BCUT2D eigenvalue weighted by atomic mass is 32.1. The third kappa shape index (κ3) is 3.90. The summed E-state index contributed by atoms with van der Waals surface area (Å²) in [5, 5.41) is 2.86. The Bertz CT molecular complexity index is 635. The predicted octanol–water partition coefficient (Wildman–Crippen LogP) is 3.08. The Morgan fingerprint density at radius 1 is 1.20 bits per heavy atom. The molecule has 0 spiro atoms. The lowest BCUT2D eigenvalue weighted by Crippen LogP contribution is -2.13. The minimum Gasteiger partial charge on any atom is -0.393 e. The molecule has 0 saturated carbocycles. The molecular formula is C16H16N2OS. The number of amides is 1. The molecule has 1 amide bonds. The molecule has 0 aliphatic rings. The number of thiocarbonyl (C=S) groups is 1. The van der Waals surface area contributed by atoms with Gasteiger partial charge in [-0.25, -0.2) is 0 Å². The van der Waals surface area contributed by atoms with E-state index in [9.17, 15) is 4.79 Å². The monoisotopic (exact) mass is 284 g/mol. The van der Waals surface area contributed by atoms with Gasteiger partial charge in [0.1, 0.15) is 0 Å². The summed E-state index contributed by atoms with van der Waals surface area (Å²) >= 11 is 4.86. The van der Waals surface area contributed by atoms with E-state index in [0.29, 0.717) is 17.0 Å². The molecule has 0 aliphatic carbocycles. The van der Waals surface area contributed by atoms with Gasteiger partial charge < -0.3 is 11.1 Å². The summed E-state index contributed by atoms with van der Waals surface area (Å²) in [7, 11) is 0. The van der Waals surface area contributed by atoms with Crippen LogP contribution in [0.15, 0.2) is 48.5 Å². The molecule has 0 saturated heterocycles. The topological polar surface area (TPSA) is 55.1 Å². The summed E-state index contributed by atoms with van der Waals surface area (Å²) in [5.74, 6) is -0.115. The first-order valence-electron chi connectivity index (χ1n) is 6.30. The number of anilines is 1. The van der Waals surface area contributed by atoms with Crippen molar-refractivity contribution in [1.82, 2.24) is 0 Å². The highest BCUT2D eigenvalue weighted by Crippen LogP contribution is 2.12. The fourth-order valence-electron chi connectivity index (χ4n) is 1.90. The molecule has 2 rings (SSSR count). The number of aryl methyl sites for hydroxylation is 1. The van der Waals surface area contributed by atoms with Crippen LogP contribution >= 0.6 is 12.2 Å². The van der Waals surface area contributed by atoms with Gasteiger partial charge in [-0.1, -0.05) is 42.0 Å². The summed E-state index contributed by atoms with van der Waals surface area (Å²) < 4.78 is 0. The van der Waals surface area contributed by atoms with E-state index < -0.39 is 0 Å². The van der Waals surface area contributed by atoms with E-state index in [0.717, 1.165) is 16.8 Å². The summed E-state index contributed by atoms with van der Waals surface area (Å²) in [5.41, 5.74) is 8.99. The lowest BCUT2D eigenvalue weighted by Gasteiger charge is -2.07. The maximum Gasteiger partial charge on any atom is 0.255 e. The van der Waals surface area contributed by atoms with Gasteiger partial charge >= 0.3 is 0 Å². The maximum absolute atomic E-state index is 12.1. The van der Waals surface area contributed by atoms with Crippen molar-refractivity contribution in [2.75, 3.05) is 5.32 Å². The number of hydrogen-bond acceptors (Lipinski definition) is 2. The minimum absolute atomic E-state index is 0.115. The van der Waals surface area contributed by atoms with Crippen LogP contribution in [0.25, 0.3) is 0 Å². The zero-order valence-electron chi connectivity index (χ0n) is 11.2. The standard InChI is InChI=1S/C16H16N2OS/c1-11-3-2-4-13(9-11)16(19)18-14-7-5-12(6-8-14)10-15(17)20/h2-9H,10H2,1H3,(H2,17,20)(H,18,19). The highest BCUT2D eigenvalue weighted by molar-refractivity contribution is 7.80. The van der Waals surface area contributed by atoms with Gasteiger partial charge in [0, 0.05) is 17.7 Å². The molecule has 102 valence electrons. The van der Waals surface area contributed by atoms with Crippen molar-refractivity contribution in [3.8, 4) is 0 Å². The van der Waals surface area contributed by atoms with E-state index in [-0.39, 0.29) is 5.91 Å². The number of benzene rings is 2. The van der Waals surface area contributed by atoms with Crippen LogP contribution in [0.5, 0.6) is 0 Å². The molecular weight excluding hydrogens is 268 g/mol. The Morgan fingerprint density at radius 3 is 2.50 bits per heavy atom. The van der Waals surface area contributed by atoms with Crippen LogP contribution in [-0.2, 0) is 6.42 Å². The van der Waals surface area contributed by atoms with Gasteiger partial charge in [-0.15, -0.1) is 0 Å². The Kier molecular flexibility index (Phi) is 4.48. The molecule has 0 fully saturated rings. The molecule has 0 radical (unpaired) electrons. The smallest absolute Gasteiger partial charge is 0.255 e. The fraction of sp³-hybridized carbons (Fsp3) is 0.125. The third-order valence-corrected chi connectivity index (χ3v) is 3.01. The Labute approximate surface area is 123 Å². The lowest BCUT2D eigenvalue weighted by atomic mass is 10.1. The predicted molar refractivity (Wildman–Crippen MR) is 86.1 cm³/mol. The van der Waals surface area contributed by atoms with Crippen molar-refractivity contribution in [3.05, 3.63) is 65.2 Å². The van der Waals surface area contributed by atoms with Crippen LogP contribution in [0.2, 0.25) is 0 Å². The molecule has 20 heavy (non-hydrogen) atoms. The van der Waals surface area contributed by atoms with Crippen LogP contribution in [-0.4, -0.2) is 10.9 Å². The second-order valence-corrected chi connectivity index (χ2v) is 5.19. The molecule has 3 nitrogen and oxygen atoms in total. The van der Waals surface area contributed by atoms with Gasteiger partial charge in [0.2, 0.25) is 0 Å². The van der Waals surface area contributed by atoms with Gasteiger partial charge in [0.25, 0.3) is 5.91 Å². The van der Waals surface area contributed by atoms with Crippen LogP contribution in [0.1, 0.15) is 21.5 Å². The highest BCUT2D eigenvalue weighted by Gasteiger charge is 2.06. The number of nitrogens with two attached hydrogens (primary N) is 1. The van der Waals surface area contributed by atoms with E-state index in [2.05, 4.69) is 5.32 Å². The van der Waals surface area contributed by atoms with Gasteiger partial charge in [-0.2, -0.15) is 0 Å². The van der Waals surface area contributed by atoms with Crippen molar-refractivity contribution < 1.29 is 4.79 Å². The Morgan fingerprint density at radius 2 is 1.90 bits per heavy atom. The molecule has 0 atom stereocenters. The zero-order valence-corrected chi connectivity index (χ0v) is 12.0.